The van der Waals surface area contributed by atoms with E-state index in [1.54, 1.807) is 12.1 Å². The number of nitrogens with one attached hydrogen (secondary N) is 1. The van der Waals surface area contributed by atoms with Crippen LogP contribution in [-0.4, -0.2) is 23.0 Å². The number of hydrogen-bond acceptors (Lipinski definition) is 2. The second-order valence-electron chi connectivity index (χ2n) is 4.46. The highest BCUT2D eigenvalue weighted by molar-refractivity contribution is 5.79. The van der Waals surface area contributed by atoms with Gasteiger partial charge in [0.1, 0.15) is 5.82 Å². The lowest BCUT2D eigenvalue weighted by atomic mass is 10.1. The van der Waals surface area contributed by atoms with Gasteiger partial charge < -0.3 is 10.4 Å². The summed E-state index contributed by atoms with van der Waals surface area (Å²) in [5.74, 6) is -1.62. The van der Waals surface area contributed by atoms with Gasteiger partial charge in [0.15, 0.2) is 0 Å². The van der Waals surface area contributed by atoms with Crippen LogP contribution in [0, 0.1) is 5.82 Å². The first kappa shape index (κ1) is 15.1. The molecule has 0 heterocycles. The fourth-order valence-electron chi connectivity index (χ4n) is 1.90. The standard InChI is InChI=1S/C14H18FNO3/c1-2-4-12(9-14(18)19)16-13(17)8-10-5-3-6-11(15)7-10/h3,5-7,12H,2,4,8-9H2,1H3,(H,16,17)(H,18,19)/t12-/m1/s1. The van der Waals surface area contributed by atoms with Crippen molar-refractivity contribution >= 4 is 11.9 Å². The average Bonchev–Trinajstić information content (AvgIpc) is 2.27. The molecule has 1 amide bonds. The van der Waals surface area contributed by atoms with Gasteiger partial charge in [0.05, 0.1) is 12.8 Å². The quantitative estimate of drug-likeness (QED) is 0.795. The van der Waals surface area contributed by atoms with Gasteiger partial charge in [0.25, 0.3) is 0 Å². The Labute approximate surface area is 111 Å². The zero-order chi connectivity index (χ0) is 14.3. The van der Waals surface area contributed by atoms with Gasteiger partial charge in [-0.05, 0) is 24.1 Å². The molecule has 4 nitrogen and oxygen atoms in total. The van der Waals surface area contributed by atoms with E-state index in [1.165, 1.54) is 12.1 Å². The van der Waals surface area contributed by atoms with E-state index in [9.17, 15) is 14.0 Å². The third-order valence-corrected chi connectivity index (χ3v) is 2.68. The topological polar surface area (TPSA) is 66.4 Å². The largest absolute Gasteiger partial charge is 0.481 e. The number of carboxylic acid groups (broad SMARTS) is 1. The monoisotopic (exact) mass is 267 g/mol. The zero-order valence-electron chi connectivity index (χ0n) is 10.9. The second kappa shape index (κ2) is 7.51. The molecule has 1 aromatic carbocycles. The number of aliphatic carboxylic acids is 1. The summed E-state index contributed by atoms with van der Waals surface area (Å²) in [5, 5.41) is 11.4. The van der Waals surface area contributed by atoms with Crippen molar-refractivity contribution < 1.29 is 19.1 Å². The van der Waals surface area contributed by atoms with E-state index in [2.05, 4.69) is 5.32 Å². The molecule has 104 valence electrons. The van der Waals surface area contributed by atoms with Crippen molar-refractivity contribution in [2.75, 3.05) is 0 Å². The Balaban J connectivity index is 2.54. The highest BCUT2D eigenvalue weighted by Crippen LogP contribution is 2.06. The van der Waals surface area contributed by atoms with E-state index in [0.29, 0.717) is 12.0 Å². The van der Waals surface area contributed by atoms with Crippen LogP contribution in [0.5, 0.6) is 0 Å². The molecule has 0 aliphatic rings. The zero-order valence-corrected chi connectivity index (χ0v) is 10.9. The molecule has 0 aliphatic heterocycles. The molecular weight excluding hydrogens is 249 g/mol. The van der Waals surface area contributed by atoms with Crippen LogP contribution in [0.15, 0.2) is 24.3 Å². The van der Waals surface area contributed by atoms with Crippen molar-refractivity contribution in [2.45, 2.75) is 38.6 Å². The van der Waals surface area contributed by atoms with Crippen LogP contribution in [0.3, 0.4) is 0 Å². The van der Waals surface area contributed by atoms with Crippen LogP contribution in [0.2, 0.25) is 0 Å². The predicted molar refractivity (Wildman–Crippen MR) is 69.2 cm³/mol. The molecule has 2 N–H and O–H groups in total. The Hall–Kier alpha value is -1.91. The molecule has 0 aliphatic carbocycles. The van der Waals surface area contributed by atoms with Gasteiger partial charge in [-0.2, -0.15) is 0 Å². The molecule has 0 radical (unpaired) electrons. The van der Waals surface area contributed by atoms with Crippen LogP contribution in [0.25, 0.3) is 0 Å². The van der Waals surface area contributed by atoms with Crippen LogP contribution in [-0.2, 0) is 16.0 Å². The Morgan fingerprint density at radius 2 is 2.16 bits per heavy atom. The summed E-state index contributed by atoms with van der Waals surface area (Å²) < 4.78 is 13.0. The third-order valence-electron chi connectivity index (χ3n) is 2.68. The summed E-state index contributed by atoms with van der Waals surface area (Å²) in [5.41, 5.74) is 0.572. The molecular formula is C14H18FNO3. The van der Waals surface area contributed by atoms with Gasteiger partial charge >= 0.3 is 5.97 Å². The summed E-state index contributed by atoms with van der Waals surface area (Å²) in [4.78, 5) is 22.4. The number of halogens is 1. The minimum Gasteiger partial charge on any atom is -0.481 e. The molecule has 1 aromatic rings. The predicted octanol–water partition coefficient (Wildman–Crippen LogP) is 2.13. The van der Waals surface area contributed by atoms with Crippen molar-refractivity contribution in [2.24, 2.45) is 0 Å². The number of hydrogen-bond donors (Lipinski definition) is 2. The Kier molecular flexibility index (Phi) is 5.99. The maximum Gasteiger partial charge on any atom is 0.305 e. The van der Waals surface area contributed by atoms with Crippen molar-refractivity contribution in [3.05, 3.63) is 35.6 Å². The van der Waals surface area contributed by atoms with Crippen molar-refractivity contribution in [3.8, 4) is 0 Å². The number of amides is 1. The normalized spacial score (nSPS) is 11.9. The van der Waals surface area contributed by atoms with Gasteiger partial charge in [-0.25, -0.2) is 4.39 Å². The maximum absolute atomic E-state index is 13.0. The lowest BCUT2D eigenvalue weighted by molar-refractivity contribution is -0.137. The van der Waals surface area contributed by atoms with Crippen molar-refractivity contribution in [1.82, 2.24) is 5.32 Å². The first-order valence-corrected chi connectivity index (χ1v) is 6.27. The van der Waals surface area contributed by atoms with E-state index in [-0.39, 0.29) is 30.6 Å². The molecule has 0 spiro atoms. The summed E-state index contributed by atoms with van der Waals surface area (Å²) in [6.07, 6.45) is 1.36. The molecule has 0 aromatic heterocycles. The Bertz CT molecular complexity index is 448. The molecule has 0 unspecified atom stereocenters. The van der Waals surface area contributed by atoms with E-state index in [1.807, 2.05) is 6.92 Å². The number of carbonyl (C=O) groups is 2. The molecule has 5 heteroatoms. The average molecular weight is 267 g/mol. The fourth-order valence-corrected chi connectivity index (χ4v) is 1.90. The lowest BCUT2D eigenvalue weighted by Gasteiger charge is -2.16. The summed E-state index contributed by atoms with van der Waals surface area (Å²) in [6, 6.07) is 5.44. The SMILES string of the molecule is CCC[C@H](CC(=O)O)NC(=O)Cc1cccc(F)c1. The maximum atomic E-state index is 13.0. The van der Waals surface area contributed by atoms with Gasteiger partial charge in [0.2, 0.25) is 5.91 Å². The minimum atomic E-state index is -0.940. The van der Waals surface area contributed by atoms with Gasteiger partial charge in [-0.3, -0.25) is 9.59 Å². The van der Waals surface area contributed by atoms with E-state index < -0.39 is 5.97 Å². The molecule has 0 fully saturated rings. The van der Waals surface area contributed by atoms with Gasteiger partial charge in [-0.1, -0.05) is 25.5 Å². The number of carbonyl (C=O) groups excluding carboxylic acids is 1. The minimum absolute atomic E-state index is 0.0532. The second-order valence-corrected chi connectivity index (χ2v) is 4.46. The summed E-state index contributed by atoms with van der Waals surface area (Å²) in [7, 11) is 0. The number of carboxylic acids is 1. The van der Waals surface area contributed by atoms with Crippen LogP contribution >= 0.6 is 0 Å². The van der Waals surface area contributed by atoms with Gasteiger partial charge in [-0.15, -0.1) is 0 Å². The Morgan fingerprint density at radius 3 is 2.74 bits per heavy atom. The highest BCUT2D eigenvalue weighted by Gasteiger charge is 2.15. The van der Waals surface area contributed by atoms with E-state index in [4.69, 9.17) is 5.11 Å². The van der Waals surface area contributed by atoms with Crippen LogP contribution < -0.4 is 5.32 Å². The number of rotatable bonds is 7. The highest BCUT2D eigenvalue weighted by atomic mass is 19.1. The lowest BCUT2D eigenvalue weighted by Crippen LogP contribution is -2.37. The smallest absolute Gasteiger partial charge is 0.305 e. The number of benzene rings is 1. The van der Waals surface area contributed by atoms with E-state index >= 15 is 0 Å². The van der Waals surface area contributed by atoms with Crippen molar-refractivity contribution in [1.29, 1.82) is 0 Å². The molecule has 0 saturated carbocycles. The van der Waals surface area contributed by atoms with Crippen LogP contribution in [0.1, 0.15) is 31.7 Å². The summed E-state index contributed by atoms with van der Waals surface area (Å²) >= 11 is 0. The van der Waals surface area contributed by atoms with E-state index in [0.717, 1.165) is 6.42 Å². The molecule has 19 heavy (non-hydrogen) atoms. The molecule has 0 saturated heterocycles. The first-order chi connectivity index (χ1) is 9.01. The first-order valence-electron chi connectivity index (χ1n) is 6.27. The molecule has 1 atom stereocenters. The van der Waals surface area contributed by atoms with Crippen LogP contribution in [0.4, 0.5) is 4.39 Å². The third kappa shape index (κ3) is 5.99. The fraction of sp³-hybridized carbons (Fsp3) is 0.429. The van der Waals surface area contributed by atoms with Crippen molar-refractivity contribution in [3.63, 3.8) is 0 Å². The Morgan fingerprint density at radius 1 is 1.42 bits per heavy atom. The summed E-state index contributed by atoms with van der Waals surface area (Å²) in [6.45, 7) is 1.92. The molecule has 0 bridgehead atoms. The molecule has 1 rings (SSSR count). The van der Waals surface area contributed by atoms with Gasteiger partial charge in [0, 0.05) is 6.04 Å².